The van der Waals surface area contributed by atoms with Crippen LogP contribution in [0.5, 0.6) is 17.2 Å². The van der Waals surface area contributed by atoms with Crippen LogP contribution in [0.2, 0.25) is 0 Å². The molecule has 0 aromatic heterocycles. The monoisotopic (exact) mass is 224 g/mol. The van der Waals surface area contributed by atoms with Crippen molar-refractivity contribution in [3.8, 4) is 17.2 Å². The average Bonchev–Trinajstić information content (AvgIpc) is 2.35. The molecular formula is C12H16O4. The first-order chi connectivity index (χ1) is 7.76. The van der Waals surface area contributed by atoms with E-state index >= 15 is 0 Å². The van der Waals surface area contributed by atoms with Crippen molar-refractivity contribution < 1.29 is 19.0 Å². The summed E-state index contributed by atoms with van der Waals surface area (Å²) in [5.74, 6) is 1.56. The highest BCUT2D eigenvalue weighted by Crippen LogP contribution is 2.38. The molecule has 1 aromatic carbocycles. The van der Waals surface area contributed by atoms with Crippen molar-refractivity contribution in [3.63, 3.8) is 0 Å². The van der Waals surface area contributed by atoms with Gasteiger partial charge in [-0.3, -0.25) is 4.79 Å². The molecule has 0 fully saturated rings. The van der Waals surface area contributed by atoms with E-state index in [1.165, 1.54) is 14.2 Å². The van der Waals surface area contributed by atoms with Gasteiger partial charge in [-0.1, -0.05) is 6.92 Å². The van der Waals surface area contributed by atoms with Gasteiger partial charge in [0.2, 0.25) is 5.75 Å². The third-order valence-electron chi connectivity index (χ3n) is 2.07. The molecule has 0 bridgehead atoms. The molecule has 0 unspecified atom stereocenters. The molecular weight excluding hydrogens is 208 g/mol. The van der Waals surface area contributed by atoms with E-state index in [0.29, 0.717) is 29.4 Å². The van der Waals surface area contributed by atoms with Gasteiger partial charge in [0.15, 0.2) is 11.5 Å². The number of methoxy groups -OCH3 is 2. The summed E-state index contributed by atoms with van der Waals surface area (Å²) in [5, 5.41) is 0. The first kappa shape index (κ1) is 12.4. The standard InChI is InChI=1S/C12H16O4/c1-4-5-16-12-10(14-2)6-9(8-13)7-11(12)15-3/h6-8H,4-5H2,1-3H3. The van der Waals surface area contributed by atoms with Crippen LogP contribution in [0.1, 0.15) is 23.7 Å². The van der Waals surface area contributed by atoms with Crippen LogP contribution in [0.25, 0.3) is 0 Å². The molecule has 0 saturated heterocycles. The number of hydrogen-bond acceptors (Lipinski definition) is 4. The van der Waals surface area contributed by atoms with Crippen LogP contribution in [-0.2, 0) is 0 Å². The van der Waals surface area contributed by atoms with Gasteiger partial charge < -0.3 is 14.2 Å². The van der Waals surface area contributed by atoms with E-state index in [-0.39, 0.29) is 0 Å². The largest absolute Gasteiger partial charge is 0.493 e. The topological polar surface area (TPSA) is 44.8 Å². The van der Waals surface area contributed by atoms with E-state index < -0.39 is 0 Å². The van der Waals surface area contributed by atoms with Crippen LogP contribution in [0.15, 0.2) is 12.1 Å². The van der Waals surface area contributed by atoms with Crippen LogP contribution < -0.4 is 14.2 Å². The van der Waals surface area contributed by atoms with Crippen molar-refractivity contribution in [1.29, 1.82) is 0 Å². The number of ether oxygens (including phenoxy) is 3. The van der Waals surface area contributed by atoms with Gasteiger partial charge in [0.25, 0.3) is 0 Å². The Kier molecular flexibility index (Phi) is 4.64. The molecule has 0 aliphatic heterocycles. The number of benzene rings is 1. The fraction of sp³-hybridized carbons (Fsp3) is 0.417. The first-order valence-electron chi connectivity index (χ1n) is 5.10. The van der Waals surface area contributed by atoms with E-state index in [4.69, 9.17) is 14.2 Å². The van der Waals surface area contributed by atoms with Crippen LogP contribution in [0.3, 0.4) is 0 Å². The van der Waals surface area contributed by atoms with Gasteiger partial charge in [0.1, 0.15) is 6.29 Å². The predicted molar refractivity (Wildman–Crippen MR) is 60.7 cm³/mol. The lowest BCUT2D eigenvalue weighted by molar-refractivity contribution is 0.112. The summed E-state index contributed by atoms with van der Waals surface area (Å²) in [6.45, 7) is 2.59. The lowest BCUT2D eigenvalue weighted by Crippen LogP contribution is -2.01. The Hall–Kier alpha value is -1.71. The highest BCUT2D eigenvalue weighted by molar-refractivity contribution is 5.78. The normalized spacial score (nSPS) is 9.69. The third kappa shape index (κ3) is 2.66. The summed E-state index contributed by atoms with van der Waals surface area (Å²) in [6.07, 6.45) is 1.64. The number of hydrogen-bond donors (Lipinski definition) is 0. The zero-order valence-electron chi connectivity index (χ0n) is 9.78. The molecule has 0 aliphatic rings. The van der Waals surface area contributed by atoms with Crippen molar-refractivity contribution in [2.75, 3.05) is 20.8 Å². The summed E-state index contributed by atoms with van der Waals surface area (Å²) < 4.78 is 15.9. The molecule has 4 heteroatoms. The van der Waals surface area contributed by atoms with E-state index in [0.717, 1.165) is 12.7 Å². The molecule has 1 rings (SSSR count). The average molecular weight is 224 g/mol. The maximum Gasteiger partial charge on any atom is 0.203 e. The van der Waals surface area contributed by atoms with Crippen molar-refractivity contribution in [3.05, 3.63) is 17.7 Å². The van der Waals surface area contributed by atoms with E-state index in [2.05, 4.69) is 0 Å². The molecule has 0 spiro atoms. The van der Waals surface area contributed by atoms with Crippen LogP contribution in [-0.4, -0.2) is 27.1 Å². The van der Waals surface area contributed by atoms with Gasteiger partial charge in [0, 0.05) is 5.56 Å². The minimum atomic E-state index is 0.498. The minimum absolute atomic E-state index is 0.498. The zero-order valence-corrected chi connectivity index (χ0v) is 9.78. The Morgan fingerprint density at radius 2 is 1.75 bits per heavy atom. The lowest BCUT2D eigenvalue weighted by atomic mass is 10.2. The summed E-state index contributed by atoms with van der Waals surface area (Å²) in [6, 6.07) is 3.25. The van der Waals surface area contributed by atoms with Gasteiger partial charge in [-0.25, -0.2) is 0 Å². The van der Waals surface area contributed by atoms with Crippen LogP contribution >= 0.6 is 0 Å². The van der Waals surface area contributed by atoms with E-state index in [9.17, 15) is 4.79 Å². The molecule has 0 radical (unpaired) electrons. The summed E-state index contributed by atoms with van der Waals surface area (Å²) >= 11 is 0. The predicted octanol–water partition coefficient (Wildman–Crippen LogP) is 2.31. The second kappa shape index (κ2) is 6.00. The Bertz CT molecular complexity index is 335. The Labute approximate surface area is 95.1 Å². The molecule has 0 N–H and O–H groups in total. The van der Waals surface area contributed by atoms with Gasteiger partial charge in [-0.05, 0) is 18.6 Å². The fourth-order valence-corrected chi connectivity index (χ4v) is 1.31. The van der Waals surface area contributed by atoms with E-state index in [1.54, 1.807) is 12.1 Å². The van der Waals surface area contributed by atoms with Crippen molar-refractivity contribution in [2.24, 2.45) is 0 Å². The summed E-state index contributed by atoms with van der Waals surface area (Å²) in [7, 11) is 3.06. The van der Waals surface area contributed by atoms with Crippen molar-refractivity contribution in [1.82, 2.24) is 0 Å². The number of carbonyl (C=O) groups is 1. The second-order valence-corrected chi connectivity index (χ2v) is 3.22. The maximum atomic E-state index is 10.7. The lowest BCUT2D eigenvalue weighted by Gasteiger charge is -2.14. The number of carbonyl (C=O) groups excluding carboxylic acids is 1. The second-order valence-electron chi connectivity index (χ2n) is 3.22. The Balaban J connectivity index is 3.14. The molecule has 0 atom stereocenters. The smallest absolute Gasteiger partial charge is 0.203 e. The molecule has 4 nitrogen and oxygen atoms in total. The van der Waals surface area contributed by atoms with Gasteiger partial charge in [-0.15, -0.1) is 0 Å². The van der Waals surface area contributed by atoms with Crippen molar-refractivity contribution in [2.45, 2.75) is 13.3 Å². The quantitative estimate of drug-likeness (QED) is 0.695. The molecule has 1 aromatic rings. The van der Waals surface area contributed by atoms with Gasteiger partial charge in [-0.2, -0.15) is 0 Å². The molecule has 0 amide bonds. The van der Waals surface area contributed by atoms with Crippen LogP contribution in [0.4, 0.5) is 0 Å². The third-order valence-corrected chi connectivity index (χ3v) is 2.07. The van der Waals surface area contributed by atoms with Gasteiger partial charge >= 0.3 is 0 Å². The fourth-order valence-electron chi connectivity index (χ4n) is 1.31. The zero-order chi connectivity index (χ0) is 12.0. The first-order valence-corrected chi connectivity index (χ1v) is 5.10. The Morgan fingerprint density at radius 1 is 1.19 bits per heavy atom. The maximum absolute atomic E-state index is 10.7. The molecule has 88 valence electrons. The highest BCUT2D eigenvalue weighted by Gasteiger charge is 2.13. The molecule has 0 aliphatic carbocycles. The van der Waals surface area contributed by atoms with Gasteiger partial charge in [0.05, 0.1) is 20.8 Å². The summed E-state index contributed by atoms with van der Waals surface area (Å²) in [4.78, 5) is 10.7. The summed E-state index contributed by atoms with van der Waals surface area (Å²) in [5.41, 5.74) is 0.498. The molecule has 16 heavy (non-hydrogen) atoms. The number of rotatable bonds is 6. The number of aldehydes is 1. The van der Waals surface area contributed by atoms with E-state index in [1.807, 2.05) is 6.92 Å². The molecule has 0 heterocycles. The van der Waals surface area contributed by atoms with Crippen molar-refractivity contribution >= 4 is 6.29 Å². The Morgan fingerprint density at radius 3 is 2.12 bits per heavy atom. The van der Waals surface area contributed by atoms with Crippen LogP contribution in [0, 0.1) is 0 Å². The minimum Gasteiger partial charge on any atom is -0.493 e. The highest BCUT2D eigenvalue weighted by atomic mass is 16.5. The SMILES string of the molecule is CCCOc1c(OC)cc(C=O)cc1OC. The molecule has 0 saturated carbocycles.